The number of nitrogens with zero attached hydrogens (tertiary/aromatic N) is 1. The monoisotopic (exact) mass is 551 g/mol. The van der Waals surface area contributed by atoms with Gasteiger partial charge >= 0.3 is 11.4 Å². The minimum absolute atomic E-state index is 0.131. The highest BCUT2D eigenvalue weighted by atomic mass is 16.5. The van der Waals surface area contributed by atoms with Crippen molar-refractivity contribution in [2.75, 3.05) is 7.11 Å². The van der Waals surface area contributed by atoms with Gasteiger partial charge in [-0.2, -0.15) is 0 Å². The van der Waals surface area contributed by atoms with E-state index in [9.17, 15) is 14.4 Å². The molecule has 5 rings (SSSR count). The molecule has 0 saturated carbocycles. The van der Waals surface area contributed by atoms with Crippen LogP contribution in [0.25, 0.3) is 11.1 Å². The maximum atomic E-state index is 12.8. The molecule has 4 aromatic carbocycles. The highest BCUT2D eigenvalue weighted by Crippen LogP contribution is 2.26. The van der Waals surface area contributed by atoms with Crippen molar-refractivity contribution in [1.29, 1.82) is 0 Å². The first kappa shape index (κ1) is 27.3. The van der Waals surface area contributed by atoms with Gasteiger partial charge in [-0.1, -0.05) is 48.5 Å². The number of rotatable bonds is 10. The molecule has 208 valence electrons. The number of nitrogens with one attached hydrogen (secondary N) is 2. The molecular formula is C32H29N3O6. The number of ether oxygens (including phenoxy) is 2. The van der Waals surface area contributed by atoms with Crippen LogP contribution in [0.15, 0.2) is 105 Å². The van der Waals surface area contributed by atoms with Crippen molar-refractivity contribution in [2.24, 2.45) is 0 Å². The average Bonchev–Trinajstić information content (AvgIpc) is 3.31. The van der Waals surface area contributed by atoms with Crippen molar-refractivity contribution in [3.05, 3.63) is 140 Å². The summed E-state index contributed by atoms with van der Waals surface area (Å²) in [4.78, 5) is 37.6. The van der Waals surface area contributed by atoms with E-state index in [0.717, 1.165) is 43.9 Å². The number of amides is 1. The van der Waals surface area contributed by atoms with E-state index in [1.807, 2.05) is 79.7 Å². The summed E-state index contributed by atoms with van der Waals surface area (Å²) >= 11 is 0. The maximum Gasteiger partial charge on any atom is 0.440 e. The van der Waals surface area contributed by atoms with E-state index in [2.05, 4.69) is 16.4 Å². The predicted octanol–water partition coefficient (Wildman–Crippen LogP) is 4.67. The quantitative estimate of drug-likeness (QED) is 0.261. The third-order valence-corrected chi connectivity index (χ3v) is 6.62. The number of aromatic nitrogens is 2. The minimum Gasteiger partial charge on any atom is -0.497 e. The largest absolute Gasteiger partial charge is 0.497 e. The molecule has 9 heteroatoms. The van der Waals surface area contributed by atoms with Crippen molar-refractivity contribution in [2.45, 2.75) is 26.6 Å². The Balaban J connectivity index is 1.19. The Labute approximate surface area is 236 Å². The number of H-pyrrole nitrogens is 1. The summed E-state index contributed by atoms with van der Waals surface area (Å²) in [6, 6.07) is 28.6. The van der Waals surface area contributed by atoms with Crippen molar-refractivity contribution >= 4 is 5.91 Å². The van der Waals surface area contributed by atoms with E-state index in [1.165, 1.54) is 0 Å². The molecule has 0 unspecified atom stereocenters. The summed E-state index contributed by atoms with van der Waals surface area (Å²) in [7, 11) is 1.62. The Bertz CT molecular complexity index is 1770. The zero-order valence-electron chi connectivity index (χ0n) is 22.7. The van der Waals surface area contributed by atoms with Crippen LogP contribution in [0.4, 0.5) is 0 Å². The van der Waals surface area contributed by atoms with Gasteiger partial charge in [0.15, 0.2) is 0 Å². The number of carbonyl (C=O) groups is 1. The molecule has 41 heavy (non-hydrogen) atoms. The van der Waals surface area contributed by atoms with Gasteiger partial charge in [-0.15, -0.1) is 4.74 Å². The van der Waals surface area contributed by atoms with Gasteiger partial charge in [0.2, 0.25) is 0 Å². The Morgan fingerprint density at radius 2 is 1.61 bits per heavy atom. The van der Waals surface area contributed by atoms with Crippen LogP contribution in [-0.2, 0) is 19.7 Å². The van der Waals surface area contributed by atoms with Crippen LogP contribution in [0.2, 0.25) is 0 Å². The molecule has 1 heterocycles. The van der Waals surface area contributed by atoms with Gasteiger partial charge in [-0.05, 0) is 82.8 Å². The van der Waals surface area contributed by atoms with Crippen LogP contribution in [0.1, 0.15) is 32.6 Å². The number of aryl methyl sites for hydroxylation is 1. The molecule has 0 radical (unpaired) electrons. The van der Waals surface area contributed by atoms with E-state index in [4.69, 9.17) is 14.0 Å². The molecule has 0 aliphatic carbocycles. The Morgan fingerprint density at radius 1 is 0.878 bits per heavy atom. The normalized spacial score (nSPS) is 10.8. The second kappa shape index (κ2) is 12.3. The first-order valence-electron chi connectivity index (χ1n) is 13.0. The molecule has 2 N–H and O–H groups in total. The lowest BCUT2D eigenvalue weighted by atomic mass is 9.97. The second-order valence-corrected chi connectivity index (χ2v) is 9.54. The fourth-order valence-electron chi connectivity index (χ4n) is 4.43. The van der Waals surface area contributed by atoms with Crippen LogP contribution < -0.4 is 26.2 Å². The molecule has 0 saturated heterocycles. The van der Waals surface area contributed by atoms with Crippen molar-refractivity contribution in [1.82, 2.24) is 15.0 Å². The van der Waals surface area contributed by atoms with Gasteiger partial charge in [0.1, 0.15) is 18.1 Å². The molecule has 0 spiro atoms. The molecule has 5 aromatic rings. The van der Waals surface area contributed by atoms with Gasteiger partial charge in [-0.25, -0.2) is 14.6 Å². The van der Waals surface area contributed by atoms with Gasteiger partial charge in [0, 0.05) is 12.1 Å². The van der Waals surface area contributed by atoms with Crippen LogP contribution in [0.3, 0.4) is 0 Å². The molecule has 0 atom stereocenters. The summed E-state index contributed by atoms with van der Waals surface area (Å²) in [5.41, 5.74) is 5.85. The fourth-order valence-corrected chi connectivity index (χ4v) is 4.43. The van der Waals surface area contributed by atoms with E-state index < -0.39 is 11.4 Å². The molecule has 1 amide bonds. The van der Waals surface area contributed by atoms with Crippen LogP contribution in [0, 0.1) is 6.92 Å². The number of hydrogen-bond acceptors (Lipinski definition) is 6. The summed E-state index contributed by atoms with van der Waals surface area (Å²) < 4.78 is 16.9. The molecule has 0 fully saturated rings. The topological polar surface area (TPSA) is 116 Å². The SMILES string of the molecule is COc1ccc(CNC(=O)c2ccc(-c3cccc(COc4ccc(Cn5oc(=O)[nH]c5=O)cc4)c3)c(C)c2)cc1. The van der Waals surface area contributed by atoms with Crippen LogP contribution in [-0.4, -0.2) is 22.7 Å². The number of carbonyl (C=O) groups excluding carboxylic acids is 1. The molecule has 0 aliphatic rings. The van der Waals surface area contributed by atoms with Gasteiger partial charge < -0.3 is 19.3 Å². The molecule has 1 aromatic heterocycles. The zero-order chi connectivity index (χ0) is 28.8. The summed E-state index contributed by atoms with van der Waals surface area (Å²) in [5.74, 6) is 0.532. The summed E-state index contributed by atoms with van der Waals surface area (Å²) in [6.07, 6.45) is 0. The van der Waals surface area contributed by atoms with E-state index in [0.29, 0.717) is 24.5 Å². The number of benzene rings is 4. The molecule has 0 aliphatic heterocycles. The molecule has 0 bridgehead atoms. The lowest BCUT2D eigenvalue weighted by Gasteiger charge is -2.12. The van der Waals surface area contributed by atoms with E-state index in [1.54, 1.807) is 19.2 Å². The number of aromatic amines is 1. The average molecular weight is 552 g/mol. The smallest absolute Gasteiger partial charge is 0.440 e. The van der Waals surface area contributed by atoms with Crippen LogP contribution >= 0.6 is 0 Å². The van der Waals surface area contributed by atoms with Gasteiger partial charge in [-0.3, -0.25) is 4.79 Å². The van der Waals surface area contributed by atoms with Crippen molar-refractivity contribution in [3.63, 3.8) is 0 Å². The third-order valence-electron chi connectivity index (χ3n) is 6.62. The van der Waals surface area contributed by atoms with Gasteiger partial charge in [0.25, 0.3) is 5.91 Å². The zero-order valence-corrected chi connectivity index (χ0v) is 22.7. The summed E-state index contributed by atoms with van der Waals surface area (Å²) in [6.45, 7) is 2.93. The Hall–Kier alpha value is -5.31. The third kappa shape index (κ3) is 6.83. The fraction of sp³-hybridized carbons (Fsp3) is 0.156. The predicted molar refractivity (Wildman–Crippen MR) is 154 cm³/mol. The van der Waals surface area contributed by atoms with Crippen molar-refractivity contribution < 1.29 is 18.8 Å². The molecule has 9 nitrogen and oxygen atoms in total. The standard InChI is InChI=1S/C32H29N3O6/c1-21-16-26(30(36)33-18-22-6-11-27(39-2)12-7-22)10-15-29(21)25-5-3-4-24(17-25)20-40-28-13-8-23(9-14-28)19-35-31(37)34-32(38)41-35/h3-17H,18-20H2,1-2H3,(H,33,36)(H,34,37,38). The first-order chi connectivity index (χ1) is 19.9. The van der Waals surface area contributed by atoms with Crippen molar-refractivity contribution in [3.8, 4) is 22.6 Å². The first-order valence-corrected chi connectivity index (χ1v) is 13.0. The highest BCUT2D eigenvalue weighted by molar-refractivity contribution is 5.95. The molecular weight excluding hydrogens is 522 g/mol. The van der Waals surface area contributed by atoms with E-state index in [-0.39, 0.29) is 12.5 Å². The Kier molecular flexibility index (Phi) is 8.15. The second-order valence-electron chi connectivity index (χ2n) is 9.54. The number of hydrogen-bond donors (Lipinski definition) is 2. The van der Waals surface area contributed by atoms with Crippen LogP contribution in [0.5, 0.6) is 11.5 Å². The highest BCUT2D eigenvalue weighted by Gasteiger charge is 2.10. The lowest BCUT2D eigenvalue weighted by molar-refractivity contribution is 0.0951. The lowest BCUT2D eigenvalue weighted by Crippen LogP contribution is -2.22. The number of methoxy groups -OCH3 is 1. The maximum absolute atomic E-state index is 12.8. The summed E-state index contributed by atoms with van der Waals surface area (Å²) in [5, 5.41) is 2.97. The minimum atomic E-state index is -0.783. The van der Waals surface area contributed by atoms with E-state index >= 15 is 0 Å². The van der Waals surface area contributed by atoms with Gasteiger partial charge in [0.05, 0.1) is 13.7 Å². The Morgan fingerprint density at radius 3 is 2.29 bits per heavy atom.